The topological polar surface area (TPSA) is 38.3 Å². The lowest BCUT2D eigenvalue weighted by Gasteiger charge is -2.29. The number of amides is 1. The molecule has 0 heterocycles. The van der Waals surface area contributed by atoms with Crippen LogP contribution in [0.1, 0.15) is 71.6 Å². The molecular weight excluding hydrogens is 300 g/mol. The normalized spacial score (nSPS) is 11.5. The van der Waals surface area contributed by atoms with Gasteiger partial charge in [0.1, 0.15) is 0 Å². The fraction of sp³-hybridized carbons (Fsp3) is 0.850. The van der Waals surface area contributed by atoms with Crippen LogP contribution in [0.3, 0.4) is 0 Å². The molecule has 4 heteroatoms. The van der Waals surface area contributed by atoms with Crippen molar-refractivity contribution in [2.45, 2.75) is 71.6 Å². The van der Waals surface area contributed by atoms with Crippen LogP contribution in [0.15, 0.2) is 12.2 Å². The van der Waals surface area contributed by atoms with Gasteiger partial charge in [-0.3, -0.25) is 4.79 Å². The highest BCUT2D eigenvalue weighted by Gasteiger charge is 2.14. The third-order valence-corrected chi connectivity index (χ3v) is 4.20. The van der Waals surface area contributed by atoms with Crippen molar-refractivity contribution in [1.29, 1.82) is 0 Å². The largest absolute Gasteiger partial charge is 0.352 e. The van der Waals surface area contributed by atoms with E-state index in [2.05, 4.69) is 32.9 Å². The van der Waals surface area contributed by atoms with Gasteiger partial charge in [0.25, 0.3) is 0 Å². The number of nitrogens with zero attached hydrogens (tertiary/aromatic N) is 1. The molecule has 0 atom stereocenters. The zero-order valence-electron chi connectivity index (χ0n) is 16.7. The lowest BCUT2D eigenvalue weighted by atomic mass is 10.1. The van der Waals surface area contributed by atoms with Crippen LogP contribution in [0.4, 0.5) is 0 Å². The lowest BCUT2D eigenvalue weighted by Crippen LogP contribution is -2.43. The van der Waals surface area contributed by atoms with Crippen molar-refractivity contribution in [2.24, 2.45) is 0 Å². The van der Waals surface area contributed by atoms with Crippen LogP contribution < -0.4 is 5.32 Å². The third-order valence-electron chi connectivity index (χ3n) is 4.20. The zero-order valence-corrected chi connectivity index (χ0v) is 16.7. The van der Waals surface area contributed by atoms with Crippen LogP contribution in [-0.4, -0.2) is 50.9 Å². The fourth-order valence-corrected chi connectivity index (χ4v) is 2.57. The molecule has 0 saturated heterocycles. The molecule has 0 radical (unpaired) electrons. The molecule has 0 aromatic rings. The molecule has 0 aromatic heterocycles. The van der Waals surface area contributed by atoms with Crippen LogP contribution in [0.5, 0.6) is 0 Å². The minimum Gasteiger partial charge on any atom is -0.352 e. The molecule has 0 aromatic carbocycles. The second-order valence-corrected chi connectivity index (χ2v) is 7.56. The summed E-state index contributed by atoms with van der Waals surface area (Å²) in [5.74, 6) is -0.0498. The number of hydrogen-bond acceptors (Lipinski definition) is 2. The van der Waals surface area contributed by atoms with Crippen molar-refractivity contribution in [3.05, 3.63) is 12.2 Å². The van der Waals surface area contributed by atoms with E-state index in [1.807, 2.05) is 0 Å². The van der Waals surface area contributed by atoms with E-state index in [1.54, 1.807) is 6.92 Å². The molecule has 0 saturated carbocycles. The Kier molecular flexibility index (Phi) is 13.9. The van der Waals surface area contributed by atoms with Gasteiger partial charge in [0, 0.05) is 18.5 Å². The van der Waals surface area contributed by atoms with Crippen molar-refractivity contribution in [1.82, 2.24) is 5.32 Å². The Balaban J connectivity index is 3.47. The first-order valence-electron chi connectivity index (χ1n) is 9.72. The highest BCUT2D eigenvalue weighted by Crippen LogP contribution is 2.08. The smallest absolute Gasteiger partial charge is 0.246 e. The first kappa shape index (κ1) is 23.1. The van der Waals surface area contributed by atoms with Gasteiger partial charge < -0.3 is 14.5 Å². The Hall–Kier alpha value is -0.870. The second-order valence-electron chi connectivity index (χ2n) is 7.56. The highest BCUT2D eigenvalue weighted by atomic mass is 16.5. The molecule has 1 amide bonds. The maximum absolute atomic E-state index is 11.4. The maximum atomic E-state index is 11.4. The number of hydrogen-bond donors (Lipinski definition) is 1. The molecular formula is C20H41N2O2+. The number of unbranched alkanes of at least 4 members (excludes halogenated alkanes) is 7. The van der Waals surface area contributed by atoms with Gasteiger partial charge in [-0.15, -0.1) is 0 Å². The Bertz CT molecular complexity index is 341. The molecule has 0 aliphatic rings. The molecule has 0 spiro atoms. The van der Waals surface area contributed by atoms with E-state index in [-0.39, 0.29) is 5.91 Å². The van der Waals surface area contributed by atoms with Gasteiger partial charge in [-0.2, -0.15) is 0 Å². The van der Waals surface area contributed by atoms with Crippen LogP contribution in [0.25, 0.3) is 0 Å². The average molecular weight is 342 g/mol. The van der Waals surface area contributed by atoms with Crippen molar-refractivity contribution in [2.75, 3.05) is 40.5 Å². The van der Waals surface area contributed by atoms with E-state index in [0.717, 1.165) is 30.8 Å². The first-order chi connectivity index (χ1) is 11.4. The van der Waals surface area contributed by atoms with Crippen LogP contribution in [0, 0.1) is 0 Å². The SMILES string of the molecule is C=C(C)C(=O)NCCC[N+](C)(C)COCCCCCCCCCC. The number of carbonyl (C=O) groups excluding carboxylic acids is 1. The van der Waals surface area contributed by atoms with Crippen molar-refractivity contribution >= 4 is 5.91 Å². The van der Waals surface area contributed by atoms with E-state index in [4.69, 9.17) is 4.74 Å². The average Bonchev–Trinajstić information content (AvgIpc) is 2.53. The molecule has 24 heavy (non-hydrogen) atoms. The Morgan fingerprint density at radius 2 is 1.58 bits per heavy atom. The Morgan fingerprint density at radius 1 is 1.00 bits per heavy atom. The van der Waals surface area contributed by atoms with Gasteiger partial charge in [-0.1, -0.05) is 58.4 Å². The predicted molar refractivity (Wildman–Crippen MR) is 103 cm³/mol. The minimum absolute atomic E-state index is 0.0498. The van der Waals surface area contributed by atoms with E-state index < -0.39 is 0 Å². The van der Waals surface area contributed by atoms with Crippen molar-refractivity contribution in [3.8, 4) is 0 Å². The summed E-state index contributed by atoms with van der Waals surface area (Å²) in [6.45, 7) is 10.9. The zero-order chi connectivity index (χ0) is 18.3. The van der Waals surface area contributed by atoms with Crippen LogP contribution in [-0.2, 0) is 9.53 Å². The predicted octanol–water partition coefficient (Wildman–Crippen LogP) is 4.26. The molecule has 0 unspecified atom stereocenters. The van der Waals surface area contributed by atoms with E-state index in [1.165, 1.54) is 51.4 Å². The molecule has 0 bridgehead atoms. The Labute approximate surface area is 150 Å². The standard InChI is InChI=1S/C20H40N2O2/c1-6-7-8-9-10-11-12-13-17-24-18-22(4,5)16-14-15-21-20(23)19(2)3/h2,6-18H2,1,3-5H3/p+1. The molecule has 4 nitrogen and oxygen atoms in total. The van der Waals surface area contributed by atoms with E-state index in [0.29, 0.717) is 12.1 Å². The van der Waals surface area contributed by atoms with E-state index in [9.17, 15) is 4.79 Å². The summed E-state index contributed by atoms with van der Waals surface area (Å²) >= 11 is 0. The van der Waals surface area contributed by atoms with Crippen molar-refractivity contribution < 1.29 is 14.0 Å². The van der Waals surface area contributed by atoms with Crippen molar-refractivity contribution in [3.63, 3.8) is 0 Å². The highest BCUT2D eigenvalue weighted by molar-refractivity contribution is 5.91. The van der Waals surface area contributed by atoms with Gasteiger partial charge in [0.05, 0.1) is 27.2 Å². The summed E-state index contributed by atoms with van der Waals surface area (Å²) in [4.78, 5) is 11.4. The number of quaternary nitrogens is 1. The first-order valence-corrected chi connectivity index (χ1v) is 9.72. The molecule has 0 aliphatic heterocycles. The summed E-state index contributed by atoms with van der Waals surface area (Å²) < 4.78 is 6.66. The number of rotatable bonds is 16. The van der Waals surface area contributed by atoms with Gasteiger partial charge in [-0.25, -0.2) is 0 Å². The van der Waals surface area contributed by atoms with E-state index >= 15 is 0 Å². The monoisotopic (exact) mass is 341 g/mol. The minimum atomic E-state index is -0.0498. The molecule has 142 valence electrons. The van der Waals surface area contributed by atoms with Gasteiger partial charge in [-0.05, 0) is 13.3 Å². The molecule has 0 aliphatic carbocycles. The summed E-state index contributed by atoms with van der Waals surface area (Å²) in [6.07, 6.45) is 11.6. The number of carbonyl (C=O) groups is 1. The molecule has 0 fully saturated rings. The molecule has 0 rings (SSSR count). The third kappa shape index (κ3) is 14.7. The summed E-state index contributed by atoms with van der Waals surface area (Å²) in [6, 6.07) is 0. The Morgan fingerprint density at radius 3 is 2.17 bits per heavy atom. The maximum Gasteiger partial charge on any atom is 0.246 e. The molecule has 1 N–H and O–H groups in total. The second kappa shape index (κ2) is 14.5. The quantitative estimate of drug-likeness (QED) is 0.197. The summed E-state index contributed by atoms with van der Waals surface area (Å²) in [5.41, 5.74) is 0.567. The number of ether oxygens (including phenoxy) is 1. The number of nitrogens with one attached hydrogen (secondary N) is 1. The van der Waals surface area contributed by atoms with Crippen LogP contribution >= 0.6 is 0 Å². The summed E-state index contributed by atoms with van der Waals surface area (Å²) in [5, 5.41) is 2.87. The fourth-order valence-electron chi connectivity index (χ4n) is 2.57. The van der Waals surface area contributed by atoms with Crippen LogP contribution in [0.2, 0.25) is 0 Å². The van der Waals surface area contributed by atoms with Gasteiger partial charge in [0.15, 0.2) is 6.73 Å². The summed E-state index contributed by atoms with van der Waals surface area (Å²) in [7, 11) is 4.35. The van der Waals surface area contributed by atoms with Gasteiger partial charge in [0.2, 0.25) is 5.91 Å². The lowest BCUT2D eigenvalue weighted by molar-refractivity contribution is -0.909. The van der Waals surface area contributed by atoms with Gasteiger partial charge >= 0.3 is 0 Å².